The highest BCUT2D eigenvalue weighted by Crippen LogP contribution is 2.55. The predicted octanol–water partition coefficient (Wildman–Crippen LogP) is 31.2. The van der Waals surface area contributed by atoms with Crippen molar-refractivity contribution >= 4 is 184 Å². The van der Waals surface area contributed by atoms with Gasteiger partial charge in [-0.25, -0.2) is 0 Å². The largest absolute Gasteiger partial charge is 0.454 e. The van der Waals surface area contributed by atoms with Crippen molar-refractivity contribution in [2.24, 2.45) is 0 Å². The molecule has 5 aliphatic heterocycles. The number of para-hydroxylation sites is 13. The lowest BCUT2D eigenvalue weighted by atomic mass is 10.1. The van der Waals surface area contributed by atoms with Gasteiger partial charge in [0.25, 0.3) is 0 Å². The van der Waals surface area contributed by atoms with Gasteiger partial charge in [-0.3, -0.25) is 0 Å². The Morgan fingerprint density at radius 1 is 0.221 bits per heavy atom. The smallest absolute Gasteiger partial charge is 0.159 e. The van der Waals surface area contributed by atoms with E-state index >= 15 is 0 Å². The lowest BCUT2D eigenvalue weighted by Gasteiger charge is -2.33. The normalized spacial score (nSPS) is 16.8. The van der Waals surface area contributed by atoms with Crippen LogP contribution in [0.1, 0.15) is 90.1 Å². The highest BCUT2D eigenvalue weighted by Gasteiger charge is 2.41. The predicted molar refractivity (Wildman–Crippen MR) is 549 cm³/mol. The summed E-state index contributed by atoms with van der Waals surface area (Å²) < 4.78 is 31.6. The summed E-state index contributed by atoms with van der Waals surface area (Å²) in [4.78, 5) is 23.7. The van der Waals surface area contributed by atoms with Crippen molar-refractivity contribution in [2.45, 2.75) is 140 Å². The van der Waals surface area contributed by atoms with Crippen LogP contribution >= 0.6 is 0 Å². The lowest BCUT2D eigenvalue weighted by Crippen LogP contribution is -2.42. The molecule has 0 bridgehead atoms. The van der Waals surface area contributed by atoms with E-state index in [0.717, 1.165) is 83.7 Å². The molecule has 0 fully saturated rings. The Balaban J connectivity index is 0.0000000992. The molecular formula is C116H108N10O5. The summed E-state index contributed by atoms with van der Waals surface area (Å²) in [7, 11) is 2.15. The number of aryl methyl sites for hydroxylation is 5. The summed E-state index contributed by atoms with van der Waals surface area (Å²) in [5.74, 6) is 0. The molecule has 0 radical (unpaired) electrons. The number of rotatable bonds is 9. The number of anilines is 13. The Bertz CT molecular complexity index is 7810. The van der Waals surface area contributed by atoms with Crippen LogP contribution in [0, 0.1) is 34.6 Å². The van der Waals surface area contributed by atoms with Crippen molar-refractivity contribution in [1.29, 1.82) is 0 Å². The van der Waals surface area contributed by atoms with E-state index in [1.807, 2.05) is 60.7 Å². The van der Waals surface area contributed by atoms with Gasteiger partial charge in [0.05, 0.1) is 62.6 Å². The minimum absolute atomic E-state index is 0.113. The molecular weight excluding hydrogens is 1610 g/mol. The summed E-state index contributed by atoms with van der Waals surface area (Å²) >= 11 is 0. The molecule has 0 saturated carbocycles. The number of nitrogens with zero attached hydrogens (tertiary/aromatic N) is 10. The number of hydrogen-bond acceptors (Lipinski definition) is 15. The van der Waals surface area contributed by atoms with E-state index in [4.69, 9.17) is 22.1 Å². The Morgan fingerprint density at radius 3 is 0.885 bits per heavy atom. The molecule has 5 aromatic heterocycles. The van der Waals surface area contributed by atoms with Crippen LogP contribution in [0.4, 0.5) is 73.9 Å². The number of fused-ring (bicyclic) bond motifs is 18. The average molecular weight is 1720 g/mol. The Morgan fingerprint density at radius 2 is 0.504 bits per heavy atom. The minimum atomic E-state index is 0.113. The van der Waals surface area contributed by atoms with Gasteiger partial charge >= 0.3 is 0 Å². The Kier molecular flexibility index (Phi) is 21.1. The van der Waals surface area contributed by atoms with Crippen LogP contribution in [0.5, 0.6) is 0 Å². The van der Waals surface area contributed by atoms with Gasteiger partial charge < -0.3 is 71.1 Å². The maximum absolute atomic E-state index is 6.42. The van der Waals surface area contributed by atoms with Crippen LogP contribution in [-0.4, -0.2) is 54.9 Å². The van der Waals surface area contributed by atoms with Crippen LogP contribution in [0.15, 0.2) is 362 Å². The summed E-state index contributed by atoms with van der Waals surface area (Å²) in [6.45, 7) is 31.0. The molecule has 5 atom stereocenters. The molecule has 131 heavy (non-hydrogen) atoms. The van der Waals surface area contributed by atoms with Gasteiger partial charge in [-0.1, -0.05) is 224 Å². The van der Waals surface area contributed by atoms with Gasteiger partial charge in [0, 0.05) is 109 Å². The van der Waals surface area contributed by atoms with Crippen molar-refractivity contribution in [2.75, 3.05) is 51.1 Å². The molecule has 15 heteroatoms. The standard InChI is InChI=1S/C27H22N2O.C24H24N2O.C23H20N2O.C22H20N2O.C20H22N2O/c1-18-16-17-22-21-12-6-9-15-25(21)30-27(22)26(18)29-19(2)28(20-10-4-3-5-11-20)23-13-7-8-14-24(23)29;1-15(2)25-17(4)26(21-11-7-6-10-20(21)25)23-16(3)13-14-19-18-9-5-8-12-22(18)27-24(19)23;1-16-12-13-20-19-10-6-7-11-21(19)26-23(20)22(16)25-15-14-24(17(25)2)18-8-4-3-5-9-18;1-14-12-13-17-16-8-4-7-11-20(16)25-22(17)21(14)24-15(2)23(3)18-9-5-6-10-19(18)24;1-13(2)21-11-12-22(15(21)4)19-14(3)9-10-17-16-7-5-6-8-18(16)23-20(17)19/h3-17,19H,1-2H3;5-15,17H,1-4H3;3-15,17H,1-2H3;4-13,15H,1-3H3;5-13,15H,1-4H3/t19-;2*17-;2*15-/m00000/s1. The van der Waals surface area contributed by atoms with Crippen molar-refractivity contribution in [1.82, 2.24) is 4.90 Å². The molecule has 0 amide bonds. The summed E-state index contributed by atoms with van der Waals surface area (Å²) in [6.07, 6.45) is 9.66. The molecule has 0 spiro atoms. The van der Waals surface area contributed by atoms with E-state index < -0.39 is 0 Å². The molecule has 15 nitrogen and oxygen atoms in total. The zero-order chi connectivity index (χ0) is 89.9. The second-order valence-electron chi connectivity index (χ2n) is 35.8. The fraction of sp³-hybridized carbons (Fsp3) is 0.190. The van der Waals surface area contributed by atoms with Crippen molar-refractivity contribution in [3.05, 3.63) is 368 Å². The molecule has 20 aromatic rings. The molecule has 0 aliphatic carbocycles. The van der Waals surface area contributed by atoms with Gasteiger partial charge in [0.2, 0.25) is 0 Å². The third kappa shape index (κ3) is 13.9. The summed E-state index contributed by atoms with van der Waals surface area (Å²) in [6, 6.07) is 111. The molecule has 5 aliphatic rings. The molecule has 10 heterocycles. The minimum Gasteiger partial charge on any atom is -0.454 e. The second-order valence-corrected chi connectivity index (χ2v) is 35.8. The van der Waals surface area contributed by atoms with Crippen LogP contribution in [-0.2, 0) is 0 Å². The zero-order valence-corrected chi connectivity index (χ0v) is 76.9. The number of hydrogen-bond donors (Lipinski definition) is 0. The summed E-state index contributed by atoms with van der Waals surface area (Å²) in [5, 5.41) is 11.7. The molecule has 0 saturated heterocycles. The third-order valence-corrected chi connectivity index (χ3v) is 27.3. The SMILES string of the molecule is Cc1ccc2c(oc3ccccc32)c1N1C=CN(C(C)C)[C@@H]1C.Cc1ccc2c(oc3ccccc32)c1N1C=CN(c2ccccc2)[C@@H]1C.Cc1ccc2c(oc3ccccc32)c1N1c2ccccc2N(C(C)C)[C@@H]1C.Cc1ccc2c(oc3ccccc32)c1N1c2ccccc2N(C)[C@@H]1C.Cc1ccc2c(oc3ccccc32)c1N1c2ccccc2N(c2ccccc2)[C@@H]1C. The summed E-state index contributed by atoms with van der Waals surface area (Å²) in [5.41, 5.74) is 31.2. The van der Waals surface area contributed by atoms with Crippen LogP contribution in [0.3, 0.4) is 0 Å². The van der Waals surface area contributed by atoms with Crippen LogP contribution in [0.2, 0.25) is 0 Å². The molecule has 0 N–H and O–H groups in total. The first-order valence-corrected chi connectivity index (χ1v) is 45.9. The van der Waals surface area contributed by atoms with Crippen molar-refractivity contribution in [3.8, 4) is 0 Å². The quantitative estimate of drug-likeness (QED) is 0.137. The van der Waals surface area contributed by atoms with E-state index in [-0.39, 0.29) is 30.8 Å². The van der Waals surface area contributed by atoms with Crippen molar-refractivity contribution in [3.63, 3.8) is 0 Å². The van der Waals surface area contributed by atoms with Gasteiger partial charge in [0.15, 0.2) is 27.9 Å². The van der Waals surface area contributed by atoms with Gasteiger partial charge in [-0.15, -0.1) is 0 Å². The van der Waals surface area contributed by atoms with Crippen LogP contribution < -0.4 is 44.1 Å². The van der Waals surface area contributed by atoms with E-state index in [1.54, 1.807) is 0 Å². The Hall–Kier alpha value is -15.2. The van der Waals surface area contributed by atoms with Crippen molar-refractivity contribution < 1.29 is 22.1 Å². The average Bonchev–Trinajstić information content (AvgIpc) is 1.58. The fourth-order valence-corrected chi connectivity index (χ4v) is 20.9. The number of furan rings is 5. The zero-order valence-electron chi connectivity index (χ0n) is 76.9. The van der Waals surface area contributed by atoms with Gasteiger partial charge in [-0.05, 0) is 216 Å². The number of benzene rings is 15. The maximum atomic E-state index is 6.42. The molecule has 0 unspecified atom stereocenters. The van der Waals surface area contributed by atoms with E-state index in [0.29, 0.717) is 12.1 Å². The van der Waals surface area contributed by atoms with Gasteiger partial charge in [-0.2, -0.15) is 0 Å². The van der Waals surface area contributed by atoms with E-state index in [2.05, 4.69) is 433 Å². The maximum Gasteiger partial charge on any atom is 0.159 e. The first-order valence-electron chi connectivity index (χ1n) is 45.9. The van der Waals surface area contributed by atoms with E-state index in [1.165, 1.54) is 128 Å². The lowest BCUT2D eigenvalue weighted by molar-refractivity contribution is 0.263. The first-order chi connectivity index (χ1) is 63.8. The molecule has 25 rings (SSSR count). The molecule has 15 aromatic carbocycles. The van der Waals surface area contributed by atoms with Crippen LogP contribution in [0.25, 0.3) is 110 Å². The third-order valence-electron chi connectivity index (χ3n) is 27.3. The second kappa shape index (κ2) is 33.4. The topological polar surface area (TPSA) is 98.1 Å². The van der Waals surface area contributed by atoms with Gasteiger partial charge in [0.1, 0.15) is 58.7 Å². The molecule has 652 valence electrons. The highest BCUT2D eigenvalue weighted by atomic mass is 16.3. The van der Waals surface area contributed by atoms with E-state index in [9.17, 15) is 0 Å². The Labute approximate surface area is 764 Å². The fourth-order valence-electron chi connectivity index (χ4n) is 20.9. The highest BCUT2D eigenvalue weighted by molar-refractivity contribution is 6.15. The first kappa shape index (κ1) is 82.7. The monoisotopic (exact) mass is 1720 g/mol.